The molecule has 0 saturated heterocycles. The van der Waals surface area contributed by atoms with Crippen molar-refractivity contribution in [2.24, 2.45) is 0 Å². The monoisotopic (exact) mass is 160 g/mol. The molecule has 0 spiro atoms. The van der Waals surface area contributed by atoms with Gasteiger partial charge in [0.25, 0.3) is 0 Å². The average Bonchev–Trinajstić information content (AvgIpc) is 1.99. The second kappa shape index (κ2) is 5.04. The van der Waals surface area contributed by atoms with Crippen LogP contribution in [0.25, 0.3) is 0 Å². The van der Waals surface area contributed by atoms with Crippen LogP contribution in [0.15, 0.2) is 0 Å². The first kappa shape index (κ1) is 9.22. The Morgan fingerprint density at radius 3 is 2.80 bits per heavy atom. The Morgan fingerprint density at radius 2 is 2.40 bits per heavy atom. The van der Waals surface area contributed by atoms with E-state index in [9.17, 15) is 9.36 Å². The van der Waals surface area contributed by atoms with Crippen molar-refractivity contribution in [1.29, 1.82) is 5.26 Å². The Morgan fingerprint density at radius 1 is 1.80 bits per heavy atom. The maximum Gasteiger partial charge on any atom is 0.508 e. The van der Waals surface area contributed by atoms with Crippen molar-refractivity contribution in [3.8, 4) is 6.07 Å². The SMILES string of the molecule is CO[P+](=O)CCC(=O)C#N. The summed E-state index contributed by atoms with van der Waals surface area (Å²) in [6.45, 7) is 0. The predicted octanol–water partition coefficient (Wildman–Crippen LogP) is 0.858. The maximum atomic E-state index is 10.5. The van der Waals surface area contributed by atoms with E-state index in [1.54, 1.807) is 0 Å². The fraction of sp³-hybridized carbons (Fsp3) is 0.600. The van der Waals surface area contributed by atoms with Gasteiger partial charge in [0, 0.05) is 0 Å². The molecular weight excluding hydrogens is 153 g/mol. The molecule has 0 radical (unpaired) electrons. The van der Waals surface area contributed by atoms with Crippen LogP contribution >= 0.6 is 8.03 Å². The third kappa shape index (κ3) is 4.13. The number of nitrogens with zero attached hydrogens (tertiary/aromatic N) is 1. The lowest BCUT2D eigenvalue weighted by molar-refractivity contribution is -0.113. The van der Waals surface area contributed by atoms with Gasteiger partial charge in [0.1, 0.15) is 6.07 Å². The van der Waals surface area contributed by atoms with E-state index in [-0.39, 0.29) is 12.6 Å². The summed E-state index contributed by atoms with van der Waals surface area (Å²) in [6.07, 6.45) is 0.151. The maximum absolute atomic E-state index is 10.5. The molecule has 5 heteroatoms. The molecule has 0 bridgehead atoms. The van der Waals surface area contributed by atoms with Crippen LogP contribution in [0.2, 0.25) is 0 Å². The number of Topliss-reactive ketones (excluding diaryl/α,β-unsaturated/α-hetero) is 1. The van der Waals surface area contributed by atoms with Crippen molar-refractivity contribution < 1.29 is 13.9 Å². The van der Waals surface area contributed by atoms with Crippen molar-refractivity contribution in [3.05, 3.63) is 0 Å². The number of rotatable bonds is 4. The Labute approximate surface area is 59.7 Å². The fourth-order valence-corrected chi connectivity index (χ4v) is 0.908. The van der Waals surface area contributed by atoms with E-state index in [0.717, 1.165) is 0 Å². The number of nitriles is 1. The van der Waals surface area contributed by atoms with E-state index in [0.29, 0.717) is 0 Å². The third-order valence-corrected chi connectivity index (χ3v) is 1.85. The Hall–Kier alpha value is -0.780. The van der Waals surface area contributed by atoms with Crippen molar-refractivity contribution >= 4 is 13.8 Å². The third-order valence-electron chi connectivity index (χ3n) is 0.850. The summed E-state index contributed by atoms with van der Waals surface area (Å²) < 4.78 is 14.9. The van der Waals surface area contributed by atoms with Gasteiger partial charge >= 0.3 is 8.03 Å². The molecule has 0 amide bonds. The molecule has 0 fully saturated rings. The quantitative estimate of drug-likeness (QED) is 0.451. The topological polar surface area (TPSA) is 67.2 Å². The van der Waals surface area contributed by atoms with Gasteiger partial charge in [0.15, 0.2) is 6.16 Å². The molecule has 0 saturated carbocycles. The normalized spacial score (nSPS) is 10.2. The molecule has 0 heterocycles. The average molecular weight is 160 g/mol. The van der Waals surface area contributed by atoms with Gasteiger partial charge in [-0.1, -0.05) is 0 Å². The molecule has 0 aromatic heterocycles. The Bertz CT molecular complexity index is 184. The lowest BCUT2D eigenvalue weighted by Crippen LogP contribution is -1.94. The molecule has 0 N–H and O–H groups in total. The summed E-state index contributed by atoms with van der Waals surface area (Å²) in [7, 11) is -0.437. The van der Waals surface area contributed by atoms with Crippen LogP contribution in [0.3, 0.4) is 0 Å². The molecule has 0 aliphatic carbocycles. The zero-order chi connectivity index (χ0) is 7.98. The van der Waals surface area contributed by atoms with Gasteiger partial charge in [-0.05, 0) is 4.57 Å². The first-order valence-electron chi connectivity index (χ1n) is 2.62. The zero-order valence-electron chi connectivity index (χ0n) is 5.53. The number of ketones is 1. The first-order chi connectivity index (χ1) is 4.70. The standard InChI is InChI=1S/C5H7NO3P/c1-9-10(8)3-2-5(7)4-6/h2-3H2,1H3/q+1. The van der Waals surface area contributed by atoms with Crippen LogP contribution < -0.4 is 0 Å². The van der Waals surface area contributed by atoms with Crippen molar-refractivity contribution in [2.45, 2.75) is 6.42 Å². The van der Waals surface area contributed by atoms with Gasteiger partial charge in [-0.3, -0.25) is 4.79 Å². The molecule has 1 unspecified atom stereocenters. The molecular formula is C5H7NO3P+. The molecule has 54 valence electrons. The number of hydrogen-bond donors (Lipinski definition) is 0. The van der Waals surface area contributed by atoms with Gasteiger partial charge in [0.2, 0.25) is 5.78 Å². The lowest BCUT2D eigenvalue weighted by atomic mass is 10.3. The van der Waals surface area contributed by atoms with Gasteiger partial charge in [-0.15, -0.1) is 4.52 Å². The van der Waals surface area contributed by atoms with Crippen LogP contribution in [-0.2, 0) is 13.9 Å². The molecule has 0 aliphatic heterocycles. The van der Waals surface area contributed by atoms with E-state index in [2.05, 4.69) is 4.52 Å². The Kier molecular flexibility index (Phi) is 4.65. The van der Waals surface area contributed by atoms with E-state index in [1.165, 1.54) is 13.2 Å². The molecule has 0 aromatic carbocycles. The summed E-state index contributed by atoms with van der Waals surface area (Å²) in [4.78, 5) is 10.3. The summed E-state index contributed by atoms with van der Waals surface area (Å²) in [6, 6.07) is 1.42. The molecule has 10 heavy (non-hydrogen) atoms. The summed E-state index contributed by atoms with van der Waals surface area (Å²) >= 11 is 0. The van der Waals surface area contributed by atoms with E-state index in [4.69, 9.17) is 5.26 Å². The highest BCUT2D eigenvalue weighted by atomic mass is 31.1. The van der Waals surface area contributed by atoms with E-state index in [1.807, 2.05) is 0 Å². The van der Waals surface area contributed by atoms with E-state index < -0.39 is 13.8 Å². The minimum atomic E-state index is -1.74. The van der Waals surface area contributed by atoms with E-state index >= 15 is 0 Å². The van der Waals surface area contributed by atoms with Crippen LogP contribution in [0, 0.1) is 11.3 Å². The zero-order valence-corrected chi connectivity index (χ0v) is 6.43. The lowest BCUT2D eigenvalue weighted by Gasteiger charge is -1.78. The highest BCUT2D eigenvalue weighted by molar-refractivity contribution is 7.39. The fourth-order valence-electron chi connectivity index (χ4n) is 0.340. The first-order valence-corrected chi connectivity index (χ1v) is 3.98. The van der Waals surface area contributed by atoms with Crippen LogP contribution in [0.4, 0.5) is 0 Å². The minimum Gasteiger partial charge on any atom is -0.282 e. The van der Waals surface area contributed by atoms with Gasteiger partial charge in [0.05, 0.1) is 13.5 Å². The van der Waals surface area contributed by atoms with Gasteiger partial charge in [-0.2, -0.15) is 5.26 Å². The van der Waals surface area contributed by atoms with Crippen LogP contribution in [0.1, 0.15) is 6.42 Å². The van der Waals surface area contributed by atoms with Crippen molar-refractivity contribution in [1.82, 2.24) is 0 Å². The minimum absolute atomic E-state index is 0.0134. The van der Waals surface area contributed by atoms with Crippen molar-refractivity contribution in [3.63, 3.8) is 0 Å². The summed E-state index contributed by atoms with van der Waals surface area (Å²) in [5, 5.41) is 7.99. The predicted molar refractivity (Wildman–Crippen MR) is 34.7 cm³/mol. The number of carbonyl (C=O) groups excluding carboxylic acids is 1. The second-order valence-electron chi connectivity index (χ2n) is 1.52. The molecule has 1 atom stereocenters. The van der Waals surface area contributed by atoms with Gasteiger partial charge in [-0.25, -0.2) is 0 Å². The highest BCUT2D eigenvalue weighted by Gasteiger charge is 2.16. The second-order valence-corrected chi connectivity index (χ2v) is 3.00. The summed E-state index contributed by atoms with van der Waals surface area (Å²) in [5.41, 5.74) is 0. The van der Waals surface area contributed by atoms with Crippen molar-refractivity contribution in [2.75, 3.05) is 13.3 Å². The van der Waals surface area contributed by atoms with Crippen LogP contribution in [-0.4, -0.2) is 19.1 Å². The molecule has 0 aliphatic rings. The van der Waals surface area contributed by atoms with Crippen LogP contribution in [0.5, 0.6) is 0 Å². The smallest absolute Gasteiger partial charge is 0.282 e. The molecule has 4 nitrogen and oxygen atoms in total. The number of carbonyl (C=O) groups is 1. The molecule has 0 rings (SSSR count). The molecule has 0 aromatic rings. The summed E-state index contributed by atoms with van der Waals surface area (Å²) in [5.74, 6) is -0.555. The largest absolute Gasteiger partial charge is 0.508 e. The highest BCUT2D eigenvalue weighted by Crippen LogP contribution is 2.20. The number of hydrogen-bond acceptors (Lipinski definition) is 4. The van der Waals surface area contributed by atoms with Gasteiger partial charge < -0.3 is 0 Å². The Balaban J connectivity index is 3.48.